The minimum absolute atomic E-state index is 0.498. The maximum atomic E-state index is 11.4. The monoisotopic (exact) mass is 195 g/mol. The predicted molar refractivity (Wildman–Crippen MR) is 57.2 cm³/mol. The van der Waals surface area contributed by atoms with E-state index in [4.69, 9.17) is 0 Å². The summed E-state index contributed by atoms with van der Waals surface area (Å²) >= 11 is 0. The molecule has 0 unspecified atom stereocenters. The maximum Gasteiger partial charge on any atom is 0.136 e. The minimum atomic E-state index is 0.498. The Bertz CT molecular complexity index is 208. The van der Waals surface area contributed by atoms with Crippen LogP contribution in [0.25, 0.3) is 0 Å². The third-order valence-corrected chi connectivity index (χ3v) is 3.66. The molecule has 0 spiro atoms. The van der Waals surface area contributed by atoms with Crippen LogP contribution in [0.3, 0.4) is 0 Å². The highest BCUT2D eigenvalue weighted by atomic mass is 16.1. The molecule has 2 rings (SSSR count). The number of Topliss-reactive ketones (excluding diaryl/α,β-unsaturated/α-hetero) is 1. The highest BCUT2D eigenvalue weighted by molar-refractivity contribution is 5.80. The molecule has 0 amide bonds. The number of piperidine rings is 1. The lowest BCUT2D eigenvalue weighted by Gasteiger charge is -2.34. The molecule has 2 heteroatoms. The summed E-state index contributed by atoms with van der Waals surface area (Å²) in [5, 5.41) is 0. The number of rotatable bonds is 3. The molecular weight excluding hydrogens is 174 g/mol. The molecule has 2 atom stereocenters. The second-order valence-electron chi connectivity index (χ2n) is 5.25. The van der Waals surface area contributed by atoms with Crippen LogP contribution in [-0.4, -0.2) is 29.3 Å². The molecule has 0 aromatic rings. The van der Waals surface area contributed by atoms with Crippen LogP contribution in [-0.2, 0) is 4.79 Å². The van der Waals surface area contributed by atoms with E-state index in [2.05, 4.69) is 18.7 Å². The van der Waals surface area contributed by atoms with E-state index in [9.17, 15) is 4.79 Å². The summed E-state index contributed by atoms with van der Waals surface area (Å²) in [4.78, 5) is 14.0. The number of carbonyl (C=O) groups excluding carboxylic acids is 1. The Morgan fingerprint density at radius 3 is 2.36 bits per heavy atom. The van der Waals surface area contributed by atoms with Crippen LogP contribution in [0.2, 0.25) is 0 Å². The van der Waals surface area contributed by atoms with Gasteiger partial charge in [0.1, 0.15) is 5.78 Å². The quantitative estimate of drug-likeness (QED) is 0.688. The average molecular weight is 195 g/mol. The molecule has 2 fully saturated rings. The summed E-state index contributed by atoms with van der Waals surface area (Å²) in [5.41, 5.74) is 0. The van der Waals surface area contributed by atoms with Crippen molar-refractivity contribution in [2.45, 2.75) is 58.0 Å². The van der Waals surface area contributed by atoms with Crippen molar-refractivity contribution in [3.05, 3.63) is 0 Å². The number of fused-ring (bicyclic) bond motifs is 2. The third kappa shape index (κ3) is 2.00. The van der Waals surface area contributed by atoms with Crippen molar-refractivity contribution in [3.8, 4) is 0 Å². The Balaban J connectivity index is 1.91. The SMILES string of the molecule is CC(C)CCN1[C@@H]2CC[C@H]1CC(=O)C2. The number of hydrogen-bond donors (Lipinski definition) is 0. The second-order valence-corrected chi connectivity index (χ2v) is 5.25. The van der Waals surface area contributed by atoms with Gasteiger partial charge in [-0.25, -0.2) is 0 Å². The average Bonchev–Trinajstić information content (AvgIpc) is 2.34. The highest BCUT2D eigenvalue weighted by Crippen LogP contribution is 2.34. The Morgan fingerprint density at radius 2 is 1.86 bits per heavy atom. The molecule has 0 radical (unpaired) electrons. The van der Waals surface area contributed by atoms with Crippen LogP contribution >= 0.6 is 0 Å². The van der Waals surface area contributed by atoms with Crippen molar-refractivity contribution in [2.75, 3.05) is 6.54 Å². The zero-order valence-corrected chi connectivity index (χ0v) is 9.33. The lowest BCUT2D eigenvalue weighted by Crippen LogP contribution is -2.43. The first-order valence-electron chi connectivity index (χ1n) is 5.94. The van der Waals surface area contributed by atoms with Gasteiger partial charge in [0.25, 0.3) is 0 Å². The van der Waals surface area contributed by atoms with Crippen LogP contribution in [0, 0.1) is 5.92 Å². The summed E-state index contributed by atoms with van der Waals surface area (Å²) < 4.78 is 0. The highest BCUT2D eigenvalue weighted by Gasteiger charge is 2.39. The van der Waals surface area contributed by atoms with Gasteiger partial charge >= 0.3 is 0 Å². The fraction of sp³-hybridized carbons (Fsp3) is 0.917. The lowest BCUT2D eigenvalue weighted by atomic mass is 10.00. The second kappa shape index (κ2) is 4.01. The van der Waals surface area contributed by atoms with Gasteiger partial charge < -0.3 is 0 Å². The van der Waals surface area contributed by atoms with Gasteiger partial charge in [-0.05, 0) is 31.7 Å². The van der Waals surface area contributed by atoms with E-state index in [1.54, 1.807) is 0 Å². The maximum absolute atomic E-state index is 11.4. The molecule has 0 aromatic carbocycles. The van der Waals surface area contributed by atoms with Gasteiger partial charge in [0, 0.05) is 24.9 Å². The van der Waals surface area contributed by atoms with E-state index in [1.165, 1.54) is 25.8 Å². The van der Waals surface area contributed by atoms with Crippen LogP contribution in [0.15, 0.2) is 0 Å². The lowest BCUT2D eigenvalue weighted by molar-refractivity contribution is -0.123. The van der Waals surface area contributed by atoms with Gasteiger partial charge in [-0.3, -0.25) is 9.69 Å². The predicted octanol–water partition coefficient (Wildman–Crippen LogP) is 2.23. The van der Waals surface area contributed by atoms with E-state index < -0.39 is 0 Å². The van der Waals surface area contributed by atoms with Crippen molar-refractivity contribution in [2.24, 2.45) is 5.92 Å². The molecule has 14 heavy (non-hydrogen) atoms. The number of hydrogen-bond acceptors (Lipinski definition) is 2. The fourth-order valence-electron chi connectivity index (χ4n) is 2.83. The topological polar surface area (TPSA) is 20.3 Å². The summed E-state index contributed by atoms with van der Waals surface area (Å²) in [7, 11) is 0. The first kappa shape index (κ1) is 10.2. The molecule has 80 valence electrons. The summed E-state index contributed by atoms with van der Waals surface area (Å²) in [5.74, 6) is 1.28. The zero-order chi connectivity index (χ0) is 10.1. The third-order valence-electron chi connectivity index (χ3n) is 3.66. The first-order chi connectivity index (χ1) is 6.66. The number of nitrogens with zero attached hydrogens (tertiary/aromatic N) is 1. The molecule has 2 aliphatic heterocycles. The standard InChI is InChI=1S/C12H21NO/c1-9(2)5-6-13-10-3-4-11(13)8-12(14)7-10/h9-11H,3-8H2,1-2H3/t10-,11+. The van der Waals surface area contributed by atoms with Gasteiger partial charge in [-0.15, -0.1) is 0 Å². The Hall–Kier alpha value is -0.370. The summed E-state index contributed by atoms with van der Waals surface area (Å²) in [6.45, 7) is 5.76. The largest absolute Gasteiger partial charge is 0.300 e. The zero-order valence-electron chi connectivity index (χ0n) is 9.33. The minimum Gasteiger partial charge on any atom is -0.300 e. The Morgan fingerprint density at radius 1 is 1.29 bits per heavy atom. The van der Waals surface area contributed by atoms with E-state index in [1.807, 2.05) is 0 Å². The van der Waals surface area contributed by atoms with E-state index in [0.29, 0.717) is 17.9 Å². The molecule has 0 N–H and O–H groups in total. The Kier molecular flexibility index (Phi) is 2.91. The Labute approximate surface area is 86.7 Å². The number of ketones is 1. The van der Waals surface area contributed by atoms with Gasteiger partial charge in [0.15, 0.2) is 0 Å². The van der Waals surface area contributed by atoms with Crippen molar-refractivity contribution < 1.29 is 4.79 Å². The normalized spacial score (nSPS) is 32.9. The van der Waals surface area contributed by atoms with Crippen LogP contribution in [0.4, 0.5) is 0 Å². The van der Waals surface area contributed by atoms with Gasteiger partial charge in [-0.2, -0.15) is 0 Å². The molecule has 2 bridgehead atoms. The molecule has 0 aliphatic carbocycles. The summed E-state index contributed by atoms with van der Waals surface area (Å²) in [6, 6.07) is 1.19. The van der Waals surface area contributed by atoms with Crippen molar-refractivity contribution in [1.82, 2.24) is 4.90 Å². The molecule has 2 saturated heterocycles. The van der Waals surface area contributed by atoms with Gasteiger partial charge in [0.05, 0.1) is 0 Å². The smallest absolute Gasteiger partial charge is 0.136 e. The molecule has 2 aliphatic rings. The van der Waals surface area contributed by atoms with Crippen LogP contribution in [0.5, 0.6) is 0 Å². The van der Waals surface area contributed by atoms with E-state index >= 15 is 0 Å². The fourth-order valence-corrected chi connectivity index (χ4v) is 2.83. The number of carbonyl (C=O) groups is 1. The summed E-state index contributed by atoms with van der Waals surface area (Å²) in [6.07, 6.45) is 5.45. The van der Waals surface area contributed by atoms with Crippen molar-refractivity contribution >= 4 is 5.78 Å². The molecular formula is C12H21NO. The van der Waals surface area contributed by atoms with Gasteiger partial charge in [0.2, 0.25) is 0 Å². The van der Waals surface area contributed by atoms with E-state index in [0.717, 1.165) is 18.8 Å². The van der Waals surface area contributed by atoms with Crippen LogP contribution in [0.1, 0.15) is 46.0 Å². The van der Waals surface area contributed by atoms with E-state index in [-0.39, 0.29) is 0 Å². The van der Waals surface area contributed by atoms with Crippen molar-refractivity contribution in [1.29, 1.82) is 0 Å². The van der Waals surface area contributed by atoms with Gasteiger partial charge in [-0.1, -0.05) is 13.8 Å². The molecule has 2 heterocycles. The van der Waals surface area contributed by atoms with Crippen LogP contribution < -0.4 is 0 Å². The molecule has 0 aromatic heterocycles. The first-order valence-corrected chi connectivity index (χ1v) is 5.94. The van der Waals surface area contributed by atoms with Crippen molar-refractivity contribution in [3.63, 3.8) is 0 Å². The molecule has 0 saturated carbocycles. The molecule has 2 nitrogen and oxygen atoms in total.